The van der Waals surface area contributed by atoms with Crippen molar-refractivity contribution >= 4 is 16.8 Å². The van der Waals surface area contributed by atoms with Crippen LogP contribution in [0.1, 0.15) is 47.3 Å². The SMILES string of the molecule is Cc1cc(-c2n[nH]c3ccc(C(=O)NC4CCC5CCC4N5Cc4ccccc4F)cc23)ccn1. The lowest BCUT2D eigenvalue weighted by atomic mass is 9.95. The van der Waals surface area contributed by atoms with Crippen LogP contribution in [0.4, 0.5) is 4.39 Å². The van der Waals surface area contributed by atoms with Crippen LogP contribution in [-0.4, -0.2) is 44.1 Å². The van der Waals surface area contributed by atoms with Crippen molar-refractivity contribution in [2.45, 2.75) is 57.3 Å². The Labute approximate surface area is 203 Å². The molecule has 3 atom stereocenters. The third-order valence-electron chi connectivity index (χ3n) is 7.59. The summed E-state index contributed by atoms with van der Waals surface area (Å²) < 4.78 is 14.3. The molecule has 1 amide bonds. The molecule has 2 saturated heterocycles. The summed E-state index contributed by atoms with van der Waals surface area (Å²) >= 11 is 0. The van der Waals surface area contributed by atoms with Crippen molar-refractivity contribution in [2.75, 3.05) is 0 Å². The number of amides is 1. The van der Waals surface area contributed by atoms with Crippen LogP contribution in [-0.2, 0) is 6.54 Å². The number of piperidine rings is 1. The predicted octanol–water partition coefficient (Wildman–Crippen LogP) is 5.00. The molecule has 2 N–H and O–H groups in total. The maximum atomic E-state index is 14.3. The minimum absolute atomic E-state index is 0.0513. The van der Waals surface area contributed by atoms with Gasteiger partial charge in [0.05, 0.1) is 5.52 Å². The number of nitrogens with one attached hydrogen (secondary N) is 2. The number of aromatic nitrogens is 3. The monoisotopic (exact) mass is 469 g/mol. The number of carbonyl (C=O) groups excluding carboxylic acids is 1. The molecular formula is C28H28FN5O. The van der Waals surface area contributed by atoms with Gasteiger partial charge >= 0.3 is 0 Å². The van der Waals surface area contributed by atoms with Gasteiger partial charge in [0.1, 0.15) is 11.5 Å². The number of aromatic amines is 1. The van der Waals surface area contributed by atoms with Crippen molar-refractivity contribution in [1.29, 1.82) is 0 Å². The maximum absolute atomic E-state index is 14.3. The highest BCUT2D eigenvalue weighted by atomic mass is 19.1. The van der Waals surface area contributed by atoms with Gasteiger partial charge in [-0.05, 0) is 69.0 Å². The number of fused-ring (bicyclic) bond motifs is 3. The molecule has 0 aliphatic carbocycles. The molecule has 2 aromatic heterocycles. The highest BCUT2D eigenvalue weighted by Gasteiger charge is 2.42. The van der Waals surface area contributed by atoms with E-state index in [0.717, 1.165) is 59.1 Å². The zero-order valence-corrected chi connectivity index (χ0v) is 19.7. The van der Waals surface area contributed by atoms with Gasteiger partial charge in [-0.25, -0.2) is 4.39 Å². The molecule has 2 aliphatic rings. The number of hydrogen-bond donors (Lipinski definition) is 2. The second kappa shape index (κ2) is 8.89. The third kappa shape index (κ3) is 4.10. The van der Waals surface area contributed by atoms with Gasteiger partial charge in [-0.3, -0.25) is 19.8 Å². The van der Waals surface area contributed by atoms with Crippen molar-refractivity contribution < 1.29 is 9.18 Å². The number of aryl methyl sites for hydroxylation is 1. The van der Waals surface area contributed by atoms with E-state index in [0.29, 0.717) is 18.2 Å². The van der Waals surface area contributed by atoms with Gasteiger partial charge in [-0.1, -0.05) is 18.2 Å². The summed E-state index contributed by atoms with van der Waals surface area (Å²) in [7, 11) is 0. The number of pyridine rings is 1. The zero-order chi connectivity index (χ0) is 23.9. The molecule has 6 nitrogen and oxygen atoms in total. The summed E-state index contributed by atoms with van der Waals surface area (Å²) in [4.78, 5) is 20.0. The van der Waals surface area contributed by atoms with Gasteiger partial charge in [-0.15, -0.1) is 0 Å². The molecule has 35 heavy (non-hydrogen) atoms. The maximum Gasteiger partial charge on any atom is 0.251 e. The van der Waals surface area contributed by atoms with Gasteiger partial charge < -0.3 is 5.32 Å². The molecule has 6 rings (SSSR count). The summed E-state index contributed by atoms with van der Waals surface area (Å²) in [5.41, 5.74) is 4.92. The van der Waals surface area contributed by atoms with E-state index in [2.05, 4.69) is 25.4 Å². The Morgan fingerprint density at radius 2 is 1.97 bits per heavy atom. The van der Waals surface area contributed by atoms with E-state index in [9.17, 15) is 9.18 Å². The topological polar surface area (TPSA) is 73.9 Å². The van der Waals surface area contributed by atoms with Gasteiger partial charge in [0.25, 0.3) is 5.91 Å². The number of halogens is 1. The Morgan fingerprint density at radius 1 is 1.11 bits per heavy atom. The van der Waals surface area contributed by atoms with Gasteiger partial charge in [0, 0.05) is 58.6 Å². The summed E-state index contributed by atoms with van der Waals surface area (Å²) in [6, 6.07) is 17.3. The molecule has 2 aromatic carbocycles. The number of nitrogens with zero attached hydrogens (tertiary/aromatic N) is 3. The van der Waals surface area contributed by atoms with Gasteiger partial charge in [-0.2, -0.15) is 5.10 Å². The van der Waals surface area contributed by atoms with Crippen molar-refractivity contribution in [3.05, 3.63) is 83.4 Å². The van der Waals surface area contributed by atoms with Gasteiger partial charge in [0.15, 0.2) is 0 Å². The van der Waals surface area contributed by atoms with Gasteiger partial charge in [0.2, 0.25) is 0 Å². The number of benzene rings is 2. The molecule has 4 heterocycles. The average molecular weight is 470 g/mol. The van der Waals surface area contributed by atoms with Crippen molar-refractivity contribution in [3.8, 4) is 11.3 Å². The Kier molecular flexibility index (Phi) is 5.57. The first-order valence-electron chi connectivity index (χ1n) is 12.3. The van der Waals surface area contributed by atoms with E-state index < -0.39 is 0 Å². The summed E-state index contributed by atoms with van der Waals surface area (Å²) in [6.07, 6.45) is 5.86. The van der Waals surface area contributed by atoms with Crippen molar-refractivity contribution in [3.63, 3.8) is 0 Å². The van der Waals surface area contributed by atoms with Crippen LogP contribution in [0.25, 0.3) is 22.2 Å². The highest BCUT2D eigenvalue weighted by molar-refractivity contribution is 6.01. The molecule has 2 bridgehead atoms. The second-order valence-electron chi connectivity index (χ2n) is 9.74. The minimum Gasteiger partial charge on any atom is -0.348 e. The normalized spacial score (nSPS) is 21.9. The first-order chi connectivity index (χ1) is 17.1. The summed E-state index contributed by atoms with van der Waals surface area (Å²) in [5.74, 6) is -0.238. The molecule has 3 unspecified atom stereocenters. The number of rotatable bonds is 5. The third-order valence-corrected chi connectivity index (χ3v) is 7.59. The highest BCUT2D eigenvalue weighted by Crippen LogP contribution is 2.37. The van der Waals surface area contributed by atoms with Crippen LogP contribution >= 0.6 is 0 Å². The van der Waals surface area contributed by atoms with E-state index in [1.54, 1.807) is 12.3 Å². The van der Waals surface area contributed by atoms with E-state index in [4.69, 9.17) is 0 Å². The fraction of sp³-hybridized carbons (Fsp3) is 0.321. The number of carbonyl (C=O) groups is 1. The molecular weight excluding hydrogens is 441 g/mol. The van der Waals surface area contributed by atoms with Crippen LogP contribution in [0.3, 0.4) is 0 Å². The lowest BCUT2D eigenvalue weighted by molar-refractivity contribution is 0.0773. The fourth-order valence-corrected chi connectivity index (χ4v) is 5.83. The fourth-order valence-electron chi connectivity index (χ4n) is 5.83. The number of hydrogen-bond acceptors (Lipinski definition) is 4. The summed E-state index contributed by atoms with van der Waals surface area (Å²) in [5, 5.41) is 11.8. The van der Waals surface area contributed by atoms with Crippen LogP contribution < -0.4 is 5.32 Å². The first-order valence-corrected chi connectivity index (χ1v) is 12.3. The van der Waals surface area contributed by atoms with Crippen LogP contribution in [0.5, 0.6) is 0 Å². The molecule has 4 aromatic rings. The van der Waals surface area contributed by atoms with Crippen molar-refractivity contribution in [2.24, 2.45) is 0 Å². The predicted molar refractivity (Wildman–Crippen MR) is 133 cm³/mol. The van der Waals surface area contributed by atoms with Crippen LogP contribution in [0, 0.1) is 12.7 Å². The van der Waals surface area contributed by atoms with E-state index in [-0.39, 0.29) is 23.8 Å². The second-order valence-corrected chi connectivity index (χ2v) is 9.74. The lowest BCUT2D eigenvalue weighted by Crippen LogP contribution is -2.54. The molecule has 178 valence electrons. The molecule has 0 radical (unpaired) electrons. The van der Waals surface area contributed by atoms with Crippen molar-refractivity contribution in [1.82, 2.24) is 25.4 Å². The smallest absolute Gasteiger partial charge is 0.251 e. The molecule has 7 heteroatoms. The Balaban J connectivity index is 1.23. The molecule has 0 spiro atoms. The van der Waals surface area contributed by atoms with Crippen LogP contribution in [0.2, 0.25) is 0 Å². The molecule has 2 fully saturated rings. The minimum atomic E-state index is -0.160. The quantitative estimate of drug-likeness (QED) is 0.432. The first kappa shape index (κ1) is 21.9. The Morgan fingerprint density at radius 3 is 2.83 bits per heavy atom. The van der Waals surface area contributed by atoms with E-state index in [1.165, 1.54) is 6.07 Å². The standard InChI is InChI=1S/C28H28FN5O/c1-17-14-18(12-13-30-17)27-22-15-19(6-9-24(22)32-33-27)28(35)31-25-10-7-21-8-11-26(25)34(21)16-20-4-2-3-5-23(20)29/h2-6,9,12-15,21,25-26H,7-8,10-11,16H2,1H3,(H,31,35)(H,32,33). The van der Waals surface area contributed by atoms with E-state index in [1.807, 2.05) is 49.4 Å². The molecule has 2 aliphatic heterocycles. The van der Waals surface area contributed by atoms with E-state index >= 15 is 0 Å². The van der Waals surface area contributed by atoms with Crippen LogP contribution in [0.15, 0.2) is 60.8 Å². The Bertz CT molecular complexity index is 1400. The zero-order valence-electron chi connectivity index (χ0n) is 19.7. The largest absolute Gasteiger partial charge is 0.348 e. The summed E-state index contributed by atoms with van der Waals surface area (Å²) in [6.45, 7) is 2.54. The lowest BCUT2D eigenvalue weighted by Gasteiger charge is -2.40. The molecule has 0 saturated carbocycles. The average Bonchev–Trinajstić information content (AvgIpc) is 3.40. The Hall–Kier alpha value is -3.58. The number of H-pyrrole nitrogens is 1.